The van der Waals surface area contributed by atoms with Crippen molar-refractivity contribution in [1.82, 2.24) is 4.98 Å². The van der Waals surface area contributed by atoms with Crippen LogP contribution in [0.2, 0.25) is 0 Å². The quantitative estimate of drug-likeness (QED) is 0.891. The molecule has 88 valence electrons. The summed E-state index contributed by atoms with van der Waals surface area (Å²) in [5, 5.41) is 2.70. The van der Waals surface area contributed by atoms with E-state index in [2.05, 4.69) is 26.2 Å². The number of nitrogens with two attached hydrogens (primary N) is 1. The molecular formula is C11H16BrN3O. The fourth-order valence-corrected chi connectivity index (χ4v) is 1.54. The third kappa shape index (κ3) is 3.28. The molecule has 1 rings (SSSR count). The molecule has 0 saturated carbocycles. The number of anilines is 1. The van der Waals surface area contributed by atoms with E-state index in [0.29, 0.717) is 5.82 Å². The van der Waals surface area contributed by atoms with Gasteiger partial charge in [0.15, 0.2) is 0 Å². The van der Waals surface area contributed by atoms with Crippen LogP contribution in [0.25, 0.3) is 0 Å². The van der Waals surface area contributed by atoms with Gasteiger partial charge in [0.1, 0.15) is 5.82 Å². The molecule has 1 aromatic rings. The van der Waals surface area contributed by atoms with Crippen molar-refractivity contribution in [3.8, 4) is 0 Å². The molecule has 0 aliphatic rings. The number of hydrogen-bond donors (Lipinski definition) is 2. The molecule has 0 bridgehead atoms. The summed E-state index contributed by atoms with van der Waals surface area (Å²) >= 11 is 3.31. The number of carbonyl (C=O) groups excluding carboxylic acids is 1. The van der Waals surface area contributed by atoms with Crippen LogP contribution >= 0.6 is 15.9 Å². The van der Waals surface area contributed by atoms with E-state index in [9.17, 15) is 4.79 Å². The molecule has 0 saturated heterocycles. The average molecular weight is 286 g/mol. The maximum absolute atomic E-state index is 11.8. The minimum absolute atomic E-state index is 0.155. The Labute approximate surface area is 104 Å². The fraction of sp³-hybridized carbons (Fsp3) is 0.455. The number of pyridine rings is 1. The summed E-state index contributed by atoms with van der Waals surface area (Å²) in [6, 6.07) is 3.10. The molecule has 5 heteroatoms. The first-order valence-electron chi connectivity index (χ1n) is 5.23. The van der Waals surface area contributed by atoms with Crippen molar-refractivity contribution in [2.45, 2.75) is 26.3 Å². The predicted octanol–water partition coefficient (Wildman–Crippen LogP) is 2.16. The molecule has 3 N–H and O–H groups in total. The monoisotopic (exact) mass is 285 g/mol. The molecule has 4 nitrogen and oxygen atoms in total. The van der Waals surface area contributed by atoms with Gasteiger partial charge in [0.25, 0.3) is 0 Å². The van der Waals surface area contributed by atoms with Crippen molar-refractivity contribution >= 4 is 27.7 Å². The molecule has 0 spiro atoms. The van der Waals surface area contributed by atoms with Gasteiger partial charge in [0.05, 0.1) is 10.5 Å². The lowest BCUT2D eigenvalue weighted by Gasteiger charge is -2.17. The number of nitrogens with zero attached hydrogens (tertiary/aromatic N) is 1. The summed E-state index contributed by atoms with van der Waals surface area (Å²) in [5.74, 6) is 0.461. The first kappa shape index (κ1) is 13.1. The van der Waals surface area contributed by atoms with Crippen LogP contribution in [0.1, 0.15) is 20.3 Å². The van der Waals surface area contributed by atoms with Crippen LogP contribution in [0.15, 0.2) is 22.8 Å². The van der Waals surface area contributed by atoms with Gasteiger partial charge in [-0.3, -0.25) is 4.79 Å². The lowest BCUT2D eigenvalue weighted by Crippen LogP contribution is -2.40. The molecule has 1 heterocycles. The maximum Gasteiger partial charge on any atom is 0.242 e. The number of amides is 1. The zero-order valence-electron chi connectivity index (χ0n) is 9.40. The summed E-state index contributed by atoms with van der Waals surface area (Å²) in [6.45, 7) is 3.96. The summed E-state index contributed by atoms with van der Waals surface area (Å²) in [7, 11) is 0. The summed E-state index contributed by atoms with van der Waals surface area (Å²) in [4.78, 5) is 15.8. The van der Waals surface area contributed by atoms with Crippen molar-refractivity contribution in [3.05, 3.63) is 22.8 Å². The minimum atomic E-state index is -0.501. The van der Waals surface area contributed by atoms with Gasteiger partial charge in [0, 0.05) is 6.20 Å². The molecule has 1 amide bonds. The topological polar surface area (TPSA) is 68.0 Å². The minimum Gasteiger partial charge on any atom is -0.320 e. The second-order valence-electron chi connectivity index (χ2n) is 3.73. The molecule has 0 aliphatic heterocycles. The highest BCUT2D eigenvalue weighted by Gasteiger charge is 2.20. The van der Waals surface area contributed by atoms with Crippen LogP contribution in [-0.2, 0) is 4.79 Å². The van der Waals surface area contributed by atoms with Crippen LogP contribution in [0.5, 0.6) is 0 Å². The molecule has 0 fully saturated rings. The summed E-state index contributed by atoms with van der Waals surface area (Å²) in [6.07, 6.45) is 2.49. The van der Waals surface area contributed by atoms with E-state index in [1.807, 2.05) is 19.9 Å². The number of carbonyl (C=O) groups is 1. The highest BCUT2D eigenvalue weighted by atomic mass is 79.9. The first-order chi connectivity index (χ1) is 7.56. The Morgan fingerprint density at radius 3 is 2.94 bits per heavy atom. The molecule has 0 aromatic carbocycles. The smallest absolute Gasteiger partial charge is 0.242 e. The molecule has 1 aromatic heterocycles. The summed E-state index contributed by atoms with van der Waals surface area (Å²) < 4.78 is 0.750. The fourth-order valence-electron chi connectivity index (χ4n) is 1.19. The van der Waals surface area contributed by atoms with E-state index in [-0.39, 0.29) is 11.8 Å². The maximum atomic E-state index is 11.8. The molecule has 16 heavy (non-hydrogen) atoms. The van der Waals surface area contributed by atoms with Crippen LogP contribution in [0.3, 0.4) is 0 Å². The average Bonchev–Trinajstić information content (AvgIpc) is 2.30. The van der Waals surface area contributed by atoms with Crippen LogP contribution in [0, 0.1) is 5.92 Å². The highest BCUT2D eigenvalue weighted by molar-refractivity contribution is 9.10. The van der Waals surface area contributed by atoms with Crippen molar-refractivity contribution < 1.29 is 4.79 Å². The zero-order chi connectivity index (χ0) is 12.1. The highest BCUT2D eigenvalue weighted by Crippen LogP contribution is 2.19. The lowest BCUT2D eigenvalue weighted by atomic mass is 9.99. The van der Waals surface area contributed by atoms with Crippen LogP contribution < -0.4 is 11.1 Å². The van der Waals surface area contributed by atoms with Gasteiger partial charge in [-0.1, -0.05) is 20.3 Å². The molecular weight excluding hydrogens is 270 g/mol. The molecule has 2 unspecified atom stereocenters. The number of halogens is 1. The normalized spacial score (nSPS) is 14.2. The standard InChI is InChI=1S/C11H16BrN3O/c1-3-7(2)9(13)11(16)15-10-8(12)5-4-6-14-10/h4-7,9H,3,13H2,1-2H3,(H,14,15,16). The molecule has 2 atom stereocenters. The number of rotatable bonds is 4. The van der Waals surface area contributed by atoms with Gasteiger partial charge in [-0.05, 0) is 34.0 Å². The lowest BCUT2D eigenvalue weighted by molar-refractivity contribution is -0.118. The van der Waals surface area contributed by atoms with E-state index < -0.39 is 6.04 Å². The predicted molar refractivity (Wildman–Crippen MR) is 68.0 cm³/mol. The van der Waals surface area contributed by atoms with Gasteiger partial charge in [-0.25, -0.2) is 4.98 Å². The Kier molecular flexibility index (Phi) is 4.89. The van der Waals surface area contributed by atoms with Gasteiger partial charge in [0.2, 0.25) is 5.91 Å². The van der Waals surface area contributed by atoms with Crippen LogP contribution in [-0.4, -0.2) is 16.9 Å². The molecule has 0 aliphatic carbocycles. The number of aromatic nitrogens is 1. The Bertz CT molecular complexity index is 370. The third-order valence-corrected chi connectivity index (χ3v) is 3.20. The largest absolute Gasteiger partial charge is 0.320 e. The van der Waals surface area contributed by atoms with Gasteiger partial charge in [-0.2, -0.15) is 0 Å². The Morgan fingerprint density at radius 2 is 2.38 bits per heavy atom. The van der Waals surface area contributed by atoms with Crippen molar-refractivity contribution in [3.63, 3.8) is 0 Å². The zero-order valence-corrected chi connectivity index (χ0v) is 11.0. The van der Waals surface area contributed by atoms with Gasteiger partial charge in [-0.15, -0.1) is 0 Å². The van der Waals surface area contributed by atoms with E-state index >= 15 is 0 Å². The van der Waals surface area contributed by atoms with E-state index in [0.717, 1.165) is 10.9 Å². The van der Waals surface area contributed by atoms with Crippen molar-refractivity contribution in [2.24, 2.45) is 11.7 Å². The van der Waals surface area contributed by atoms with E-state index in [1.54, 1.807) is 12.3 Å². The Balaban J connectivity index is 2.68. The number of hydrogen-bond acceptors (Lipinski definition) is 3. The first-order valence-corrected chi connectivity index (χ1v) is 6.02. The summed E-state index contributed by atoms with van der Waals surface area (Å²) in [5.41, 5.74) is 5.81. The third-order valence-electron chi connectivity index (χ3n) is 2.56. The van der Waals surface area contributed by atoms with Gasteiger partial charge < -0.3 is 11.1 Å². The van der Waals surface area contributed by atoms with E-state index in [4.69, 9.17) is 5.73 Å². The van der Waals surface area contributed by atoms with Crippen molar-refractivity contribution in [2.75, 3.05) is 5.32 Å². The second-order valence-corrected chi connectivity index (χ2v) is 4.59. The van der Waals surface area contributed by atoms with Crippen LogP contribution in [0.4, 0.5) is 5.82 Å². The SMILES string of the molecule is CCC(C)C(N)C(=O)Nc1ncccc1Br. The Morgan fingerprint density at radius 1 is 1.69 bits per heavy atom. The number of nitrogens with one attached hydrogen (secondary N) is 1. The second kappa shape index (κ2) is 5.96. The Hall–Kier alpha value is -0.940. The molecule has 0 radical (unpaired) electrons. The van der Waals surface area contributed by atoms with E-state index in [1.165, 1.54) is 0 Å². The van der Waals surface area contributed by atoms with Crippen molar-refractivity contribution in [1.29, 1.82) is 0 Å². The van der Waals surface area contributed by atoms with Gasteiger partial charge >= 0.3 is 0 Å².